The van der Waals surface area contributed by atoms with E-state index in [0.29, 0.717) is 32.0 Å². The third-order valence-corrected chi connectivity index (χ3v) is 5.74. The molecule has 8 heteroatoms. The van der Waals surface area contributed by atoms with Crippen LogP contribution in [0, 0.1) is 12.7 Å². The number of nitrogens with zero attached hydrogens (tertiary/aromatic N) is 1. The molecule has 3 rings (SSSR count). The van der Waals surface area contributed by atoms with Crippen LogP contribution in [-0.2, 0) is 26.0 Å². The molecule has 144 valence electrons. The second kappa shape index (κ2) is 8.06. The monoisotopic (exact) mass is 392 g/mol. The molecule has 0 saturated carbocycles. The van der Waals surface area contributed by atoms with E-state index >= 15 is 0 Å². The van der Waals surface area contributed by atoms with Crippen molar-refractivity contribution in [2.75, 3.05) is 31.0 Å². The number of anilines is 1. The van der Waals surface area contributed by atoms with Gasteiger partial charge in [-0.3, -0.25) is 9.52 Å². The summed E-state index contributed by atoms with van der Waals surface area (Å²) in [4.78, 5) is 14.0. The fourth-order valence-electron chi connectivity index (χ4n) is 2.79. The Morgan fingerprint density at radius 2 is 1.81 bits per heavy atom. The average Bonchev–Trinajstić information content (AvgIpc) is 2.66. The third-order valence-electron chi connectivity index (χ3n) is 4.37. The van der Waals surface area contributed by atoms with Gasteiger partial charge in [0.05, 0.1) is 24.5 Å². The van der Waals surface area contributed by atoms with Crippen molar-refractivity contribution in [1.82, 2.24) is 4.90 Å². The summed E-state index contributed by atoms with van der Waals surface area (Å²) in [6.07, 6.45) is 0.254. The highest BCUT2D eigenvalue weighted by atomic mass is 32.2. The van der Waals surface area contributed by atoms with Gasteiger partial charge in [-0.05, 0) is 48.4 Å². The first kappa shape index (κ1) is 19.3. The van der Waals surface area contributed by atoms with Crippen molar-refractivity contribution >= 4 is 21.6 Å². The largest absolute Gasteiger partial charge is 0.378 e. The van der Waals surface area contributed by atoms with Gasteiger partial charge in [0.1, 0.15) is 5.82 Å². The lowest BCUT2D eigenvalue weighted by Crippen LogP contribution is -2.41. The Kier molecular flexibility index (Phi) is 5.76. The number of hydrogen-bond acceptors (Lipinski definition) is 4. The van der Waals surface area contributed by atoms with Gasteiger partial charge < -0.3 is 9.64 Å². The smallest absolute Gasteiger partial charge is 0.261 e. The van der Waals surface area contributed by atoms with Crippen LogP contribution in [0.5, 0.6) is 0 Å². The molecule has 2 aromatic carbocycles. The lowest BCUT2D eigenvalue weighted by Gasteiger charge is -2.26. The van der Waals surface area contributed by atoms with Gasteiger partial charge >= 0.3 is 0 Å². The second-order valence-electron chi connectivity index (χ2n) is 6.38. The Hall–Kier alpha value is -2.45. The maximum Gasteiger partial charge on any atom is 0.261 e. The molecule has 0 bridgehead atoms. The van der Waals surface area contributed by atoms with E-state index < -0.39 is 15.8 Å². The Balaban J connectivity index is 1.66. The van der Waals surface area contributed by atoms with Gasteiger partial charge in [-0.25, -0.2) is 12.8 Å². The van der Waals surface area contributed by atoms with E-state index in [1.165, 1.54) is 19.1 Å². The molecule has 0 unspecified atom stereocenters. The van der Waals surface area contributed by atoms with E-state index in [9.17, 15) is 17.6 Å². The molecule has 27 heavy (non-hydrogen) atoms. The number of amides is 1. The number of carbonyl (C=O) groups excluding carboxylic acids is 1. The number of aryl methyl sites for hydroxylation is 1. The molecule has 1 heterocycles. The molecule has 1 aliphatic heterocycles. The molecule has 0 aliphatic carbocycles. The molecule has 0 radical (unpaired) electrons. The quantitative estimate of drug-likeness (QED) is 0.848. The number of carbonyl (C=O) groups is 1. The standard InChI is InChI=1S/C19H21FN2O4S/c1-14-12-17(6-7-18(14)20)27(24,25)21-16-4-2-15(3-5-16)13-19(23)22-8-10-26-11-9-22/h2-7,12,21H,8-11,13H2,1H3. The zero-order valence-corrected chi connectivity index (χ0v) is 15.8. The molecule has 0 atom stereocenters. The van der Waals surface area contributed by atoms with E-state index in [4.69, 9.17) is 4.74 Å². The maximum absolute atomic E-state index is 13.3. The van der Waals surface area contributed by atoms with Crippen LogP contribution < -0.4 is 4.72 Å². The van der Waals surface area contributed by atoms with Crippen LogP contribution in [0.4, 0.5) is 10.1 Å². The first-order valence-corrected chi connectivity index (χ1v) is 10.1. The lowest BCUT2D eigenvalue weighted by atomic mass is 10.1. The van der Waals surface area contributed by atoms with Crippen LogP contribution in [0.1, 0.15) is 11.1 Å². The van der Waals surface area contributed by atoms with E-state index in [2.05, 4.69) is 4.72 Å². The van der Waals surface area contributed by atoms with Crippen LogP contribution in [-0.4, -0.2) is 45.5 Å². The molecule has 1 N–H and O–H groups in total. The number of morpholine rings is 1. The first-order valence-electron chi connectivity index (χ1n) is 8.58. The summed E-state index contributed by atoms with van der Waals surface area (Å²) in [6.45, 7) is 3.79. The third kappa shape index (κ3) is 4.84. The SMILES string of the molecule is Cc1cc(S(=O)(=O)Nc2ccc(CC(=O)N3CCOCC3)cc2)ccc1F. The van der Waals surface area contributed by atoms with Gasteiger partial charge in [0.15, 0.2) is 0 Å². The zero-order chi connectivity index (χ0) is 19.4. The summed E-state index contributed by atoms with van der Waals surface area (Å²) in [5, 5.41) is 0. The number of nitrogens with one attached hydrogen (secondary N) is 1. The Morgan fingerprint density at radius 3 is 2.44 bits per heavy atom. The van der Waals surface area contributed by atoms with Gasteiger partial charge in [0, 0.05) is 18.8 Å². The van der Waals surface area contributed by atoms with Crippen LogP contribution in [0.15, 0.2) is 47.4 Å². The summed E-state index contributed by atoms with van der Waals surface area (Å²) in [6, 6.07) is 10.3. The average molecular weight is 392 g/mol. The molecule has 1 aliphatic rings. The number of sulfonamides is 1. The van der Waals surface area contributed by atoms with Crippen LogP contribution in [0.3, 0.4) is 0 Å². The minimum atomic E-state index is -3.81. The topological polar surface area (TPSA) is 75.7 Å². The highest BCUT2D eigenvalue weighted by molar-refractivity contribution is 7.92. The van der Waals surface area contributed by atoms with Crippen molar-refractivity contribution in [3.8, 4) is 0 Å². The predicted octanol–water partition coefficient (Wildman–Crippen LogP) is 2.34. The zero-order valence-electron chi connectivity index (χ0n) is 14.9. The van der Waals surface area contributed by atoms with Crippen molar-refractivity contribution in [2.45, 2.75) is 18.2 Å². The highest BCUT2D eigenvalue weighted by Gasteiger charge is 2.18. The van der Waals surface area contributed by atoms with Crippen molar-refractivity contribution in [1.29, 1.82) is 0 Å². The van der Waals surface area contributed by atoms with E-state index in [1.54, 1.807) is 29.2 Å². The first-order chi connectivity index (χ1) is 12.8. The predicted molar refractivity (Wildman–Crippen MR) is 99.5 cm³/mol. The van der Waals surface area contributed by atoms with Gasteiger partial charge in [-0.15, -0.1) is 0 Å². The van der Waals surface area contributed by atoms with E-state index in [1.807, 2.05) is 0 Å². The van der Waals surface area contributed by atoms with Crippen molar-refractivity contribution in [3.63, 3.8) is 0 Å². The van der Waals surface area contributed by atoms with E-state index in [-0.39, 0.29) is 22.8 Å². The second-order valence-corrected chi connectivity index (χ2v) is 8.07. The number of halogens is 1. The van der Waals surface area contributed by atoms with Crippen molar-refractivity contribution in [3.05, 3.63) is 59.4 Å². The molecule has 2 aromatic rings. The Bertz CT molecular complexity index is 923. The molecule has 1 saturated heterocycles. The molecule has 6 nitrogen and oxygen atoms in total. The maximum atomic E-state index is 13.3. The van der Waals surface area contributed by atoms with E-state index in [0.717, 1.165) is 11.6 Å². The van der Waals surface area contributed by atoms with Gasteiger partial charge in [-0.1, -0.05) is 12.1 Å². The minimum Gasteiger partial charge on any atom is -0.378 e. The van der Waals surface area contributed by atoms with Crippen LogP contribution in [0.25, 0.3) is 0 Å². The van der Waals surface area contributed by atoms with Gasteiger partial charge in [0.25, 0.3) is 10.0 Å². The highest BCUT2D eigenvalue weighted by Crippen LogP contribution is 2.19. The number of benzene rings is 2. The van der Waals surface area contributed by atoms with Gasteiger partial charge in [0.2, 0.25) is 5.91 Å². The van der Waals surface area contributed by atoms with Crippen LogP contribution >= 0.6 is 0 Å². The van der Waals surface area contributed by atoms with Gasteiger partial charge in [-0.2, -0.15) is 0 Å². The molecule has 0 aromatic heterocycles. The van der Waals surface area contributed by atoms with Crippen molar-refractivity contribution in [2.24, 2.45) is 0 Å². The van der Waals surface area contributed by atoms with Crippen molar-refractivity contribution < 1.29 is 22.3 Å². The number of rotatable bonds is 5. The summed E-state index contributed by atoms with van der Waals surface area (Å²) in [7, 11) is -3.81. The minimum absolute atomic E-state index is 0.00651. The number of hydrogen-bond donors (Lipinski definition) is 1. The Labute approximate surface area is 158 Å². The summed E-state index contributed by atoms with van der Waals surface area (Å²) < 4.78 is 45.9. The molecular weight excluding hydrogens is 371 g/mol. The normalized spacial score (nSPS) is 14.8. The fourth-order valence-corrected chi connectivity index (χ4v) is 3.93. The summed E-state index contributed by atoms with van der Waals surface area (Å²) in [5.74, 6) is -0.434. The summed E-state index contributed by atoms with van der Waals surface area (Å²) >= 11 is 0. The van der Waals surface area contributed by atoms with Crippen LogP contribution in [0.2, 0.25) is 0 Å². The number of ether oxygens (including phenoxy) is 1. The summed E-state index contributed by atoms with van der Waals surface area (Å²) in [5.41, 5.74) is 1.43. The lowest BCUT2D eigenvalue weighted by molar-refractivity contribution is -0.134. The molecule has 1 fully saturated rings. The Morgan fingerprint density at radius 1 is 1.15 bits per heavy atom. The molecular formula is C19H21FN2O4S. The fraction of sp³-hybridized carbons (Fsp3) is 0.316. The molecule has 0 spiro atoms. The molecule has 1 amide bonds.